The van der Waals surface area contributed by atoms with Gasteiger partial charge in [-0.1, -0.05) is 13.8 Å². The Morgan fingerprint density at radius 2 is 2.28 bits per heavy atom. The molecule has 1 unspecified atom stereocenters. The van der Waals surface area contributed by atoms with Crippen LogP contribution in [0.15, 0.2) is 6.20 Å². The van der Waals surface area contributed by atoms with E-state index in [1.807, 2.05) is 17.5 Å². The Morgan fingerprint density at radius 3 is 3.00 bits per heavy atom. The maximum Gasteiger partial charge on any atom is 0.107 e. The van der Waals surface area contributed by atoms with Gasteiger partial charge in [-0.2, -0.15) is 0 Å². The number of rotatable bonds is 5. The van der Waals surface area contributed by atoms with Gasteiger partial charge < -0.3 is 10.2 Å². The third kappa shape index (κ3) is 4.04. The SMILES string of the molecule is CCc1cnc(CNC2CCCN(CC)CC2)s1. The summed E-state index contributed by atoms with van der Waals surface area (Å²) in [5, 5.41) is 4.92. The predicted molar refractivity (Wildman–Crippen MR) is 78.1 cm³/mol. The second-order valence-corrected chi connectivity index (χ2v) is 6.22. The molecule has 18 heavy (non-hydrogen) atoms. The molecule has 1 aromatic rings. The molecule has 1 aliphatic rings. The van der Waals surface area contributed by atoms with Crippen molar-refractivity contribution in [3.05, 3.63) is 16.1 Å². The lowest BCUT2D eigenvalue weighted by molar-refractivity contribution is 0.297. The molecule has 2 rings (SSSR count). The highest BCUT2D eigenvalue weighted by Crippen LogP contribution is 2.15. The van der Waals surface area contributed by atoms with E-state index in [2.05, 4.69) is 29.0 Å². The first-order chi connectivity index (χ1) is 8.81. The number of aromatic nitrogens is 1. The summed E-state index contributed by atoms with van der Waals surface area (Å²) in [6.07, 6.45) is 7.03. The van der Waals surface area contributed by atoms with Crippen LogP contribution < -0.4 is 5.32 Å². The van der Waals surface area contributed by atoms with Crippen molar-refractivity contribution < 1.29 is 0 Å². The van der Waals surface area contributed by atoms with Gasteiger partial charge in [-0.05, 0) is 45.3 Å². The van der Waals surface area contributed by atoms with Gasteiger partial charge in [0.15, 0.2) is 0 Å². The summed E-state index contributed by atoms with van der Waals surface area (Å²) in [5.41, 5.74) is 0. The highest BCUT2D eigenvalue weighted by Gasteiger charge is 2.15. The maximum absolute atomic E-state index is 4.47. The third-order valence-corrected chi connectivity index (χ3v) is 4.90. The first kappa shape index (κ1) is 14.0. The molecular weight excluding hydrogens is 242 g/mol. The summed E-state index contributed by atoms with van der Waals surface area (Å²) in [5.74, 6) is 0. The van der Waals surface area contributed by atoms with E-state index in [1.54, 1.807) is 0 Å². The Labute approximate surface area is 115 Å². The van der Waals surface area contributed by atoms with E-state index in [0.29, 0.717) is 6.04 Å². The number of hydrogen-bond donors (Lipinski definition) is 1. The molecule has 3 nitrogen and oxygen atoms in total. The second-order valence-electron chi connectivity index (χ2n) is 5.02. The first-order valence-electron chi connectivity index (χ1n) is 7.21. The molecule has 0 aromatic carbocycles. The fraction of sp³-hybridized carbons (Fsp3) is 0.786. The topological polar surface area (TPSA) is 28.2 Å². The minimum atomic E-state index is 0.676. The number of nitrogens with one attached hydrogen (secondary N) is 1. The van der Waals surface area contributed by atoms with Gasteiger partial charge in [0.25, 0.3) is 0 Å². The molecule has 0 aliphatic carbocycles. The molecule has 0 spiro atoms. The van der Waals surface area contributed by atoms with Gasteiger partial charge in [-0.15, -0.1) is 11.3 Å². The molecule has 1 N–H and O–H groups in total. The van der Waals surface area contributed by atoms with E-state index >= 15 is 0 Å². The average molecular weight is 267 g/mol. The highest BCUT2D eigenvalue weighted by molar-refractivity contribution is 7.11. The largest absolute Gasteiger partial charge is 0.308 e. The van der Waals surface area contributed by atoms with Crippen LogP contribution in [0.4, 0.5) is 0 Å². The minimum absolute atomic E-state index is 0.676. The Bertz CT molecular complexity index is 351. The van der Waals surface area contributed by atoms with Crippen molar-refractivity contribution >= 4 is 11.3 Å². The zero-order valence-electron chi connectivity index (χ0n) is 11.6. The summed E-state index contributed by atoms with van der Waals surface area (Å²) in [6.45, 7) is 9.10. The van der Waals surface area contributed by atoms with Crippen LogP contribution in [0.25, 0.3) is 0 Å². The summed E-state index contributed by atoms with van der Waals surface area (Å²) >= 11 is 1.85. The highest BCUT2D eigenvalue weighted by atomic mass is 32.1. The standard InChI is InChI=1S/C14H25N3S/c1-3-13-10-16-14(18-13)11-15-12-6-5-8-17(4-2)9-7-12/h10,12,15H,3-9,11H2,1-2H3. The molecule has 1 aromatic heterocycles. The maximum atomic E-state index is 4.47. The van der Waals surface area contributed by atoms with Crippen molar-refractivity contribution in [3.8, 4) is 0 Å². The zero-order chi connectivity index (χ0) is 12.8. The van der Waals surface area contributed by atoms with Gasteiger partial charge in [0.2, 0.25) is 0 Å². The van der Waals surface area contributed by atoms with Gasteiger partial charge in [0.1, 0.15) is 5.01 Å². The van der Waals surface area contributed by atoms with Gasteiger partial charge >= 0.3 is 0 Å². The molecule has 1 aliphatic heterocycles. The lowest BCUT2D eigenvalue weighted by Gasteiger charge is -2.18. The van der Waals surface area contributed by atoms with Crippen LogP contribution in [0.1, 0.15) is 43.0 Å². The molecule has 1 fully saturated rings. The average Bonchev–Trinajstić information content (AvgIpc) is 2.74. The molecule has 0 amide bonds. The molecule has 0 bridgehead atoms. The van der Waals surface area contributed by atoms with Crippen LogP contribution in [0.3, 0.4) is 0 Å². The Balaban J connectivity index is 1.76. The molecule has 102 valence electrons. The summed E-state index contributed by atoms with van der Waals surface area (Å²) < 4.78 is 0. The van der Waals surface area contributed by atoms with E-state index in [1.165, 1.54) is 48.8 Å². The van der Waals surface area contributed by atoms with Crippen molar-refractivity contribution in [2.24, 2.45) is 0 Å². The van der Waals surface area contributed by atoms with Crippen LogP contribution in [-0.4, -0.2) is 35.6 Å². The third-order valence-electron chi connectivity index (χ3n) is 3.76. The van der Waals surface area contributed by atoms with Crippen LogP contribution in [-0.2, 0) is 13.0 Å². The van der Waals surface area contributed by atoms with Crippen molar-refractivity contribution in [2.45, 2.75) is 52.1 Å². The molecule has 1 saturated heterocycles. The van der Waals surface area contributed by atoms with Crippen molar-refractivity contribution in [1.82, 2.24) is 15.2 Å². The van der Waals surface area contributed by atoms with E-state index in [4.69, 9.17) is 0 Å². The molecular formula is C14H25N3S. The predicted octanol–water partition coefficient (Wildman–Crippen LogP) is 2.67. The monoisotopic (exact) mass is 267 g/mol. The smallest absolute Gasteiger partial charge is 0.107 e. The number of nitrogens with zero attached hydrogens (tertiary/aromatic N) is 2. The lowest BCUT2D eigenvalue weighted by Crippen LogP contribution is -2.30. The van der Waals surface area contributed by atoms with Crippen molar-refractivity contribution in [2.75, 3.05) is 19.6 Å². The van der Waals surface area contributed by atoms with E-state index in [0.717, 1.165) is 13.0 Å². The fourth-order valence-corrected chi connectivity index (χ4v) is 3.31. The number of thiazole rings is 1. The van der Waals surface area contributed by atoms with Crippen LogP contribution in [0.5, 0.6) is 0 Å². The van der Waals surface area contributed by atoms with Gasteiger partial charge in [0.05, 0.1) is 0 Å². The molecule has 0 saturated carbocycles. The number of aryl methyl sites for hydroxylation is 1. The Kier molecular flexibility index (Phi) is 5.60. The lowest BCUT2D eigenvalue weighted by atomic mass is 10.1. The number of hydrogen-bond acceptors (Lipinski definition) is 4. The first-order valence-corrected chi connectivity index (χ1v) is 8.02. The zero-order valence-corrected chi connectivity index (χ0v) is 12.4. The van der Waals surface area contributed by atoms with E-state index in [-0.39, 0.29) is 0 Å². The van der Waals surface area contributed by atoms with Gasteiger partial charge in [-0.25, -0.2) is 4.98 Å². The van der Waals surface area contributed by atoms with E-state index in [9.17, 15) is 0 Å². The summed E-state index contributed by atoms with van der Waals surface area (Å²) in [6, 6.07) is 0.676. The Hall–Kier alpha value is -0.450. The van der Waals surface area contributed by atoms with Crippen LogP contribution in [0.2, 0.25) is 0 Å². The molecule has 4 heteroatoms. The van der Waals surface area contributed by atoms with Crippen molar-refractivity contribution in [3.63, 3.8) is 0 Å². The summed E-state index contributed by atoms with van der Waals surface area (Å²) in [4.78, 5) is 8.42. The quantitative estimate of drug-likeness (QED) is 0.889. The molecule has 2 heterocycles. The van der Waals surface area contributed by atoms with Crippen LogP contribution in [0, 0.1) is 0 Å². The normalized spacial score (nSPS) is 22.0. The van der Waals surface area contributed by atoms with Crippen LogP contribution >= 0.6 is 11.3 Å². The second kappa shape index (κ2) is 7.22. The van der Waals surface area contributed by atoms with E-state index < -0.39 is 0 Å². The molecule has 0 radical (unpaired) electrons. The summed E-state index contributed by atoms with van der Waals surface area (Å²) in [7, 11) is 0. The minimum Gasteiger partial charge on any atom is -0.308 e. The number of likely N-dealkylation sites (tertiary alicyclic amines) is 1. The van der Waals surface area contributed by atoms with Crippen molar-refractivity contribution in [1.29, 1.82) is 0 Å². The molecule has 1 atom stereocenters. The Morgan fingerprint density at radius 1 is 1.39 bits per heavy atom. The fourth-order valence-electron chi connectivity index (χ4n) is 2.50. The van der Waals surface area contributed by atoms with Gasteiger partial charge in [-0.3, -0.25) is 0 Å². The van der Waals surface area contributed by atoms with Gasteiger partial charge in [0, 0.05) is 23.7 Å².